The maximum atomic E-state index is 13.0. The molecule has 0 unspecified atom stereocenters. The lowest BCUT2D eigenvalue weighted by Crippen LogP contribution is -2.52. The van der Waals surface area contributed by atoms with Gasteiger partial charge in [0.1, 0.15) is 11.6 Å². The van der Waals surface area contributed by atoms with Gasteiger partial charge in [-0.05, 0) is 41.8 Å². The van der Waals surface area contributed by atoms with Gasteiger partial charge in [-0.25, -0.2) is 4.39 Å². The molecule has 1 aliphatic rings. The number of nitrogens with zero attached hydrogens (tertiary/aromatic N) is 2. The Labute approximate surface area is 171 Å². The largest absolute Gasteiger partial charge is 0.484 e. The van der Waals surface area contributed by atoms with Gasteiger partial charge in [-0.15, -0.1) is 0 Å². The second-order valence-electron chi connectivity index (χ2n) is 7.25. The molecule has 0 aromatic heterocycles. The van der Waals surface area contributed by atoms with E-state index < -0.39 is 0 Å². The first-order chi connectivity index (χ1) is 14.0. The zero-order valence-electron chi connectivity index (χ0n) is 16.8. The first kappa shape index (κ1) is 20.8. The van der Waals surface area contributed by atoms with Crippen molar-refractivity contribution in [3.05, 3.63) is 65.5 Å². The van der Waals surface area contributed by atoms with Crippen LogP contribution in [0.2, 0.25) is 0 Å². The van der Waals surface area contributed by atoms with Crippen LogP contribution in [0.15, 0.2) is 48.5 Å². The van der Waals surface area contributed by atoms with E-state index in [-0.39, 0.29) is 30.7 Å². The molecule has 3 rings (SSSR count). The van der Waals surface area contributed by atoms with E-state index in [1.807, 2.05) is 24.3 Å². The molecule has 154 valence electrons. The van der Waals surface area contributed by atoms with E-state index >= 15 is 0 Å². The number of amides is 2. The summed E-state index contributed by atoms with van der Waals surface area (Å²) < 4.78 is 18.6. The number of rotatable bonds is 7. The molecule has 29 heavy (non-hydrogen) atoms. The SMILES string of the molecule is CCCc1ccc(OCC(=O)N2CCN(C(=O)Cc3ccc(F)cc3)CC2)cc1. The van der Waals surface area contributed by atoms with Gasteiger partial charge >= 0.3 is 0 Å². The van der Waals surface area contributed by atoms with E-state index in [1.165, 1.54) is 17.7 Å². The van der Waals surface area contributed by atoms with Crippen LogP contribution in [0.4, 0.5) is 4.39 Å². The summed E-state index contributed by atoms with van der Waals surface area (Å²) in [6, 6.07) is 13.8. The van der Waals surface area contributed by atoms with Gasteiger partial charge in [-0.2, -0.15) is 0 Å². The van der Waals surface area contributed by atoms with Gasteiger partial charge in [0.05, 0.1) is 6.42 Å². The highest BCUT2D eigenvalue weighted by molar-refractivity contribution is 5.80. The lowest BCUT2D eigenvalue weighted by molar-refractivity contribution is -0.140. The summed E-state index contributed by atoms with van der Waals surface area (Å²) in [5.74, 6) is 0.291. The van der Waals surface area contributed by atoms with Crippen molar-refractivity contribution >= 4 is 11.8 Å². The Kier molecular flexibility index (Phi) is 7.22. The molecule has 0 spiro atoms. The van der Waals surface area contributed by atoms with Crippen LogP contribution in [0.5, 0.6) is 5.75 Å². The summed E-state index contributed by atoms with van der Waals surface area (Å²) in [4.78, 5) is 28.3. The topological polar surface area (TPSA) is 49.9 Å². The van der Waals surface area contributed by atoms with Gasteiger partial charge in [0, 0.05) is 26.2 Å². The summed E-state index contributed by atoms with van der Waals surface area (Å²) in [6.45, 7) is 4.12. The second-order valence-corrected chi connectivity index (χ2v) is 7.25. The van der Waals surface area contributed by atoms with Crippen LogP contribution in [-0.4, -0.2) is 54.4 Å². The van der Waals surface area contributed by atoms with Crippen molar-refractivity contribution in [1.82, 2.24) is 9.80 Å². The van der Waals surface area contributed by atoms with Gasteiger partial charge < -0.3 is 14.5 Å². The lowest BCUT2D eigenvalue weighted by Gasteiger charge is -2.34. The number of halogens is 1. The van der Waals surface area contributed by atoms with Crippen molar-refractivity contribution in [2.75, 3.05) is 32.8 Å². The normalized spacial score (nSPS) is 14.0. The van der Waals surface area contributed by atoms with Crippen molar-refractivity contribution in [2.24, 2.45) is 0 Å². The standard InChI is InChI=1S/C23H27FN2O3/c1-2-3-18-6-10-21(11-7-18)29-17-23(28)26-14-12-25(13-15-26)22(27)16-19-4-8-20(24)9-5-19/h4-11H,2-3,12-17H2,1H3. The van der Waals surface area contributed by atoms with Crippen LogP contribution in [0, 0.1) is 5.82 Å². The number of carbonyl (C=O) groups is 2. The zero-order valence-corrected chi connectivity index (χ0v) is 16.8. The molecule has 0 saturated carbocycles. The van der Waals surface area contributed by atoms with Gasteiger partial charge in [0.15, 0.2) is 6.61 Å². The first-order valence-electron chi connectivity index (χ1n) is 10.1. The molecule has 1 saturated heterocycles. The molecule has 6 heteroatoms. The minimum absolute atomic E-state index is 0.00332. The first-order valence-corrected chi connectivity index (χ1v) is 10.1. The number of hydrogen-bond donors (Lipinski definition) is 0. The third-order valence-corrected chi connectivity index (χ3v) is 5.08. The molecule has 0 atom stereocenters. The second kappa shape index (κ2) is 10.0. The number of carbonyl (C=O) groups excluding carboxylic acids is 2. The van der Waals surface area contributed by atoms with E-state index in [0.717, 1.165) is 18.4 Å². The van der Waals surface area contributed by atoms with Gasteiger partial charge in [0.25, 0.3) is 5.91 Å². The zero-order chi connectivity index (χ0) is 20.6. The summed E-state index contributed by atoms with van der Waals surface area (Å²) in [7, 11) is 0. The molecule has 1 aliphatic heterocycles. The molecule has 5 nitrogen and oxygen atoms in total. The number of ether oxygens (including phenoxy) is 1. The molecule has 0 radical (unpaired) electrons. The maximum Gasteiger partial charge on any atom is 0.260 e. The monoisotopic (exact) mass is 398 g/mol. The Balaban J connectivity index is 1.41. The fourth-order valence-corrected chi connectivity index (χ4v) is 3.37. The van der Waals surface area contributed by atoms with Crippen LogP contribution in [-0.2, 0) is 22.4 Å². The van der Waals surface area contributed by atoms with Crippen molar-refractivity contribution in [1.29, 1.82) is 0 Å². The Morgan fingerprint density at radius 1 is 0.862 bits per heavy atom. The highest BCUT2D eigenvalue weighted by Crippen LogP contribution is 2.14. The third-order valence-electron chi connectivity index (χ3n) is 5.08. The van der Waals surface area contributed by atoms with Gasteiger partial charge in [0.2, 0.25) is 5.91 Å². The van der Waals surface area contributed by atoms with Crippen molar-refractivity contribution in [3.8, 4) is 5.75 Å². The number of benzene rings is 2. The number of piperazine rings is 1. The summed E-state index contributed by atoms with van der Waals surface area (Å²) in [5.41, 5.74) is 2.04. The smallest absolute Gasteiger partial charge is 0.260 e. The van der Waals surface area contributed by atoms with E-state index in [4.69, 9.17) is 4.74 Å². The quantitative estimate of drug-likeness (QED) is 0.720. The van der Waals surface area contributed by atoms with Crippen molar-refractivity contribution in [2.45, 2.75) is 26.2 Å². The van der Waals surface area contributed by atoms with Crippen LogP contribution < -0.4 is 4.74 Å². The van der Waals surface area contributed by atoms with Gasteiger partial charge in [-0.1, -0.05) is 37.6 Å². The van der Waals surface area contributed by atoms with Crippen LogP contribution in [0.1, 0.15) is 24.5 Å². The minimum atomic E-state index is -0.313. The Morgan fingerprint density at radius 3 is 2.00 bits per heavy atom. The summed E-state index contributed by atoms with van der Waals surface area (Å²) in [6.07, 6.45) is 2.37. The molecule has 2 amide bonds. The van der Waals surface area contributed by atoms with Crippen LogP contribution >= 0.6 is 0 Å². The molecular formula is C23H27FN2O3. The molecule has 0 aliphatic carbocycles. The number of aryl methyl sites for hydroxylation is 1. The molecule has 0 bridgehead atoms. The fourth-order valence-electron chi connectivity index (χ4n) is 3.37. The molecular weight excluding hydrogens is 371 g/mol. The Hall–Kier alpha value is -2.89. The van der Waals surface area contributed by atoms with Gasteiger partial charge in [-0.3, -0.25) is 9.59 Å². The van der Waals surface area contributed by atoms with Crippen molar-refractivity contribution < 1.29 is 18.7 Å². The maximum absolute atomic E-state index is 13.0. The average molecular weight is 398 g/mol. The predicted molar refractivity (Wildman–Crippen MR) is 109 cm³/mol. The molecule has 0 N–H and O–H groups in total. The summed E-state index contributed by atoms with van der Waals surface area (Å²) in [5, 5.41) is 0. The molecule has 2 aromatic carbocycles. The van der Waals surface area contributed by atoms with E-state index in [2.05, 4.69) is 6.92 Å². The fraction of sp³-hybridized carbons (Fsp3) is 0.391. The third kappa shape index (κ3) is 6.04. The van der Waals surface area contributed by atoms with E-state index in [9.17, 15) is 14.0 Å². The predicted octanol–water partition coefficient (Wildman–Crippen LogP) is 3.07. The minimum Gasteiger partial charge on any atom is -0.484 e. The summed E-state index contributed by atoms with van der Waals surface area (Å²) >= 11 is 0. The van der Waals surface area contributed by atoms with Crippen LogP contribution in [0.3, 0.4) is 0 Å². The Morgan fingerprint density at radius 2 is 1.41 bits per heavy atom. The molecule has 1 heterocycles. The van der Waals surface area contributed by atoms with Crippen LogP contribution in [0.25, 0.3) is 0 Å². The van der Waals surface area contributed by atoms with E-state index in [1.54, 1.807) is 21.9 Å². The molecule has 1 fully saturated rings. The highest BCUT2D eigenvalue weighted by atomic mass is 19.1. The lowest BCUT2D eigenvalue weighted by atomic mass is 10.1. The highest BCUT2D eigenvalue weighted by Gasteiger charge is 2.24. The van der Waals surface area contributed by atoms with Crippen molar-refractivity contribution in [3.63, 3.8) is 0 Å². The van der Waals surface area contributed by atoms with E-state index in [0.29, 0.717) is 31.9 Å². The number of hydrogen-bond acceptors (Lipinski definition) is 3. The average Bonchev–Trinajstić information content (AvgIpc) is 2.75. The Bertz CT molecular complexity index is 813. The molecule has 2 aromatic rings.